The van der Waals surface area contributed by atoms with Gasteiger partial charge in [0.15, 0.2) is 0 Å². The molecule has 0 unspecified atom stereocenters. The highest BCUT2D eigenvalue weighted by molar-refractivity contribution is 9.10. The monoisotopic (exact) mass is 297 g/mol. The van der Waals surface area contributed by atoms with E-state index in [4.69, 9.17) is 4.42 Å². The van der Waals surface area contributed by atoms with Gasteiger partial charge in [0.1, 0.15) is 5.76 Å². The number of aromatic nitrogens is 1. The SMILES string of the molecule is Cc1nc(SCc2ccccc2Br)oc1C. The van der Waals surface area contributed by atoms with E-state index in [1.807, 2.05) is 32.0 Å². The minimum Gasteiger partial charge on any atom is -0.437 e. The summed E-state index contributed by atoms with van der Waals surface area (Å²) in [5.41, 5.74) is 2.22. The van der Waals surface area contributed by atoms with E-state index in [1.165, 1.54) is 5.56 Å². The number of hydrogen-bond donors (Lipinski definition) is 0. The molecule has 1 heterocycles. The Morgan fingerprint density at radius 2 is 2.06 bits per heavy atom. The maximum absolute atomic E-state index is 5.51. The molecule has 16 heavy (non-hydrogen) atoms. The number of hydrogen-bond acceptors (Lipinski definition) is 3. The standard InChI is InChI=1S/C12H12BrNOS/c1-8-9(2)15-12(14-8)16-7-10-5-3-4-6-11(10)13/h3-6H,7H2,1-2H3. The molecular weight excluding hydrogens is 286 g/mol. The predicted molar refractivity (Wildman–Crippen MR) is 69.7 cm³/mol. The van der Waals surface area contributed by atoms with E-state index >= 15 is 0 Å². The molecule has 0 saturated heterocycles. The topological polar surface area (TPSA) is 26.0 Å². The lowest BCUT2D eigenvalue weighted by Crippen LogP contribution is -1.82. The molecule has 0 saturated carbocycles. The van der Waals surface area contributed by atoms with Crippen molar-refractivity contribution in [2.24, 2.45) is 0 Å². The van der Waals surface area contributed by atoms with Crippen LogP contribution in [0, 0.1) is 13.8 Å². The highest BCUT2D eigenvalue weighted by Gasteiger charge is 2.07. The summed E-state index contributed by atoms with van der Waals surface area (Å²) in [6.07, 6.45) is 0. The number of aryl methyl sites for hydroxylation is 2. The summed E-state index contributed by atoms with van der Waals surface area (Å²) in [7, 11) is 0. The first kappa shape index (κ1) is 11.7. The number of rotatable bonds is 3. The van der Waals surface area contributed by atoms with Gasteiger partial charge in [-0.2, -0.15) is 0 Å². The van der Waals surface area contributed by atoms with Gasteiger partial charge in [0.2, 0.25) is 0 Å². The van der Waals surface area contributed by atoms with Crippen molar-refractivity contribution in [1.29, 1.82) is 0 Å². The second-order valence-electron chi connectivity index (χ2n) is 3.50. The molecule has 0 aliphatic carbocycles. The van der Waals surface area contributed by atoms with Gasteiger partial charge in [0, 0.05) is 10.2 Å². The Balaban J connectivity index is 2.05. The third kappa shape index (κ3) is 2.68. The summed E-state index contributed by atoms with van der Waals surface area (Å²) in [6, 6.07) is 8.19. The summed E-state index contributed by atoms with van der Waals surface area (Å²) < 4.78 is 6.64. The quantitative estimate of drug-likeness (QED) is 0.788. The fourth-order valence-electron chi connectivity index (χ4n) is 1.26. The fraction of sp³-hybridized carbons (Fsp3) is 0.250. The van der Waals surface area contributed by atoms with Crippen molar-refractivity contribution in [2.45, 2.75) is 24.8 Å². The molecule has 1 aromatic carbocycles. The summed E-state index contributed by atoms with van der Waals surface area (Å²) in [5.74, 6) is 1.76. The highest BCUT2D eigenvalue weighted by atomic mass is 79.9. The lowest BCUT2D eigenvalue weighted by Gasteiger charge is -2.00. The van der Waals surface area contributed by atoms with Gasteiger partial charge >= 0.3 is 0 Å². The molecule has 2 aromatic rings. The molecule has 0 aliphatic rings. The second kappa shape index (κ2) is 5.06. The van der Waals surface area contributed by atoms with Crippen LogP contribution in [0.1, 0.15) is 17.0 Å². The van der Waals surface area contributed by atoms with Crippen molar-refractivity contribution in [3.8, 4) is 0 Å². The summed E-state index contributed by atoms with van der Waals surface area (Å²) >= 11 is 5.14. The van der Waals surface area contributed by atoms with Crippen molar-refractivity contribution in [1.82, 2.24) is 4.98 Å². The minimum atomic E-state index is 0.741. The van der Waals surface area contributed by atoms with Crippen LogP contribution in [0.5, 0.6) is 0 Å². The summed E-state index contributed by atoms with van der Waals surface area (Å²) in [4.78, 5) is 4.34. The fourth-order valence-corrected chi connectivity index (χ4v) is 2.79. The van der Waals surface area contributed by atoms with Gasteiger partial charge in [-0.1, -0.05) is 45.9 Å². The molecule has 0 spiro atoms. The minimum absolute atomic E-state index is 0.741. The van der Waals surface area contributed by atoms with Gasteiger partial charge in [-0.3, -0.25) is 0 Å². The Morgan fingerprint density at radius 1 is 1.31 bits per heavy atom. The van der Waals surface area contributed by atoms with Crippen LogP contribution in [0.15, 0.2) is 38.4 Å². The predicted octanol–water partition coefficient (Wildman–Crippen LogP) is 4.35. The molecule has 2 nitrogen and oxygen atoms in total. The van der Waals surface area contributed by atoms with Crippen molar-refractivity contribution < 1.29 is 4.42 Å². The Kier molecular flexibility index (Phi) is 3.71. The smallest absolute Gasteiger partial charge is 0.256 e. The van der Waals surface area contributed by atoms with Crippen molar-refractivity contribution in [3.63, 3.8) is 0 Å². The Morgan fingerprint density at radius 3 is 2.69 bits per heavy atom. The Bertz CT molecular complexity index is 476. The molecule has 0 aliphatic heterocycles. The summed E-state index contributed by atoms with van der Waals surface area (Å²) in [6.45, 7) is 3.89. The van der Waals surface area contributed by atoms with E-state index in [0.717, 1.165) is 26.9 Å². The molecule has 0 radical (unpaired) electrons. The zero-order valence-electron chi connectivity index (χ0n) is 9.16. The van der Waals surface area contributed by atoms with Crippen molar-refractivity contribution in [2.75, 3.05) is 0 Å². The molecule has 0 atom stereocenters. The van der Waals surface area contributed by atoms with Gasteiger partial charge in [0.05, 0.1) is 5.69 Å². The zero-order valence-corrected chi connectivity index (χ0v) is 11.6. The number of thioether (sulfide) groups is 1. The van der Waals surface area contributed by atoms with E-state index in [9.17, 15) is 0 Å². The van der Waals surface area contributed by atoms with Crippen LogP contribution in [0.2, 0.25) is 0 Å². The summed E-state index contributed by atoms with van der Waals surface area (Å²) in [5, 5.41) is 0.741. The first-order valence-corrected chi connectivity index (χ1v) is 6.75. The van der Waals surface area contributed by atoms with Crippen LogP contribution in [0.4, 0.5) is 0 Å². The highest BCUT2D eigenvalue weighted by Crippen LogP contribution is 2.27. The van der Waals surface area contributed by atoms with Crippen molar-refractivity contribution in [3.05, 3.63) is 45.8 Å². The molecule has 0 bridgehead atoms. The van der Waals surface area contributed by atoms with Crippen LogP contribution in [-0.2, 0) is 5.75 Å². The molecule has 4 heteroatoms. The number of halogens is 1. The lowest BCUT2D eigenvalue weighted by molar-refractivity contribution is 0.431. The molecule has 2 rings (SSSR count). The van der Waals surface area contributed by atoms with Gasteiger partial charge in [-0.15, -0.1) is 0 Å². The van der Waals surface area contributed by atoms with Crippen LogP contribution >= 0.6 is 27.7 Å². The number of benzene rings is 1. The maximum Gasteiger partial charge on any atom is 0.256 e. The molecule has 0 N–H and O–H groups in total. The first-order valence-electron chi connectivity index (χ1n) is 4.97. The van der Waals surface area contributed by atoms with Gasteiger partial charge in [-0.05, 0) is 25.5 Å². The molecular formula is C12H12BrNOS. The second-order valence-corrected chi connectivity index (χ2v) is 5.28. The van der Waals surface area contributed by atoms with Crippen molar-refractivity contribution >= 4 is 27.7 Å². The van der Waals surface area contributed by atoms with E-state index in [2.05, 4.69) is 27.0 Å². The molecule has 84 valence electrons. The van der Waals surface area contributed by atoms with Gasteiger partial charge < -0.3 is 4.42 Å². The average Bonchev–Trinajstić information content (AvgIpc) is 2.57. The van der Waals surface area contributed by atoms with E-state index in [0.29, 0.717) is 0 Å². The molecule has 0 fully saturated rings. The molecule has 1 aromatic heterocycles. The van der Waals surface area contributed by atoms with E-state index < -0.39 is 0 Å². The third-order valence-corrected chi connectivity index (χ3v) is 3.97. The van der Waals surface area contributed by atoms with Crippen LogP contribution in [0.3, 0.4) is 0 Å². The third-order valence-electron chi connectivity index (χ3n) is 2.32. The Labute approximate surface area is 108 Å². The molecule has 0 amide bonds. The normalized spacial score (nSPS) is 10.7. The van der Waals surface area contributed by atoms with Gasteiger partial charge in [-0.25, -0.2) is 4.98 Å². The van der Waals surface area contributed by atoms with E-state index in [-0.39, 0.29) is 0 Å². The largest absolute Gasteiger partial charge is 0.437 e. The Hall–Kier alpha value is -0.740. The maximum atomic E-state index is 5.51. The first-order chi connectivity index (χ1) is 7.66. The van der Waals surface area contributed by atoms with Crippen LogP contribution < -0.4 is 0 Å². The van der Waals surface area contributed by atoms with Gasteiger partial charge in [0.25, 0.3) is 5.22 Å². The van der Waals surface area contributed by atoms with Crippen LogP contribution in [-0.4, -0.2) is 4.98 Å². The van der Waals surface area contributed by atoms with E-state index in [1.54, 1.807) is 11.8 Å². The lowest BCUT2D eigenvalue weighted by atomic mass is 10.2. The van der Waals surface area contributed by atoms with Crippen LogP contribution in [0.25, 0.3) is 0 Å². The number of nitrogens with zero attached hydrogens (tertiary/aromatic N) is 1. The zero-order chi connectivity index (χ0) is 11.5. The number of oxazole rings is 1. The average molecular weight is 298 g/mol.